The summed E-state index contributed by atoms with van der Waals surface area (Å²) >= 11 is 0. The van der Waals surface area contributed by atoms with E-state index in [0.29, 0.717) is 6.42 Å². The minimum atomic E-state index is -0.979. The number of rotatable bonds is 8. The van der Waals surface area contributed by atoms with E-state index in [1.54, 1.807) is 20.8 Å². The van der Waals surface area contributed by atoms with E-state index in [2.05, 4.69) is 15.2 Å². The molecule has 0 spiro atoms. The summed E-state index contributed by atoms with van der Waals surface area (Å²) in [5.74, 6) is -1.61. The first-order valence-electron chi connectivity index (χ1n) is 10.2. The van der Waals surface area contributed by atoms with Gasteiger partial charge in [0.15, 0.2) is 5.78 Å². The smallest absolute Gasteiger partial charge is 0.867 e. The van der Waals surface area contributed by atoms with Crippen LogP contribution in [0.3, 0.4) is 0 Å². The maximum atomic E-state index is 12.8. The molecule has 0 radical (unpaired) electrons. The third kappa shape index (κ3) is 6.33. The Balaban J connectivity index is 0.00000385. The van der Waals surface area contributed by atoms with Gasteiger partial charge in [-0.1, -0.05) is 43.7 Å². The van der Waals surface area contributed by atoms with Crippen molar-refractivity contribution in [1.82, 2.24) is 19.7 Å². The molecule has 3 rings (SSSR count). The van der Waals surface area contributed by atoms with Crippen LogP contribution in [-0.4, -0.2) is 31.3 Å². The van der Waals surface area contributed by atoms with Gasteiger partial charge in [-0.2, -0.15) is 0 Å². The maximum absolute atomic E-state index is 12.8. The van der Waals surface area contributed by atoms with Crippen molar-refractivity contribution in [3.63, 3.8) is 0 Å². The van der Waals surface area contributed by atoms with Crippen LogP contribution in [0, 0.1) is 13.8 Å². The van der Waals surface area contributed by atoms with Gasteiger partial charge in [-0.15, -0.1) is 10.2 Å². The second kappa shape index (κ2) is 11.0. The average Bonchev–Trinajstić information content (AvgIpc) is 3.17. The monoisotopic (exact) mass is 476 g/mol. The quantitative estimate of drug-likeness (QED) is 0.306. The van der Waals surface area contributed by atoms with Crippen LogP contribution in [-0.2, 0) is 18.9 Å². The average molecular weight is 477 g/mol. The summed E-state index contributed by atoms with van der Waals surface area (Å²) in [6.45, 7) is 6.93. The zero-order valence-electron chi connectivity index (χ0n) is 19.8. The van der Waals surface area contributed by atoms with Crippen LogP contribution < -0.4 is 62.1 Å². The number of benzene rings is 1. The number of nitrogens with zero attached hydrogens (tertiary/aromatic N) is 4. The van der Waals surface area contributed by atoms with Gasteiger partial charge >= 0.3 is 51.4 Å². The number of hydrogen-bond acceptors (Lipinski definition) is 8. The molecule has 0 aliphatic rings. The molecule has 0 aliphatic heterocycles. The van der Waals surface area contributed by atoms with Crippen molar-refractivity contribution < 1.29 is 70.5 Å². The van der Waals surface area contributed by atoms with Crippen molar-refractivity contribution in [2.24, 2.45) is 7.05 Å². The maximum Gasteiger partial charge on any atom is 1.00 e. The number of aromatic nitrogens is 4. The fourth-order valence-electron chi connectivity index (χ4n) is 3.47. The first-order valence-corrected chi connectivity index (χ1v) is 10.2. The number of ketones is 2. The first-order chi connectivity index (χ1) is 15.0. The van der Waals surface area contributed by atoms with Crippen LogP contribution >= 0.6 is 0 Å². The third-order valence-corrected chi connectivity index (χ3v) is 5.25. The van der Waals surface area contributed by atoms with E-state index in [9.17, 15) is 19.5 Å². The summed E-state index contributed by atoms with van der Waals surface area (Å²) in [4.78, 5) is 42.2. The number of aryl methyl sites for hydroxylation is 3. The molecule has 3 aromatic rings. The van der Waals surface area contributed by atoms with Crippen molar-refractivity contribution >= 4 is 11.6 Å². The normalized spacial score (nSPS) is 11.2. The number of carbonyl (C=O) groups is 2. The van der Waals surface area contributed by atoms with Gasteiger partial charge in [-0.05, 0) is 24.7 Å². The van der Waals surface area contributed by atoms with Crippen molar-refractivity contribution in [2.45, 2.75) is 52.4 Å². The van der Waals surface area contributed by atoms with E-state index in [1.165, 1.54) is 7.05 Å². The van der Waals surface area contributed by atoms with E-state index in [-0.39, 0.29) is 81.8 Å². The molecular weight excluding hydrogens is 451 g/mol. The summed E-state index contributed by atoms with van der Waals surface area (Å²) in [6.07, 6.45) is 0.353. The minimum absolute atomic E-state index is 0. The molecular formula is C23H25KN4O5. The topological polar surface area (TPSA) is 131 Å². The predicted octanol–water partition coefficient (Wildman–Crippen LogP) is -0.776. The molecule has 0 saturated heterocycles. The Morgan fingerprint density at radius 3 is 2.30 bits per heavy atom. The molecule has 9 nitrogen and oxygen atoms in total. The predicted molar refractivity (Wildman–Crippen MR) is 114 cm³/mol. The molecule has 10 heteroatoms. The van der Waals surface area contributed by atoms with Crippen LogP contribution in [0.4, 0.5) is 0 Å². The van der Waals surface area contributed by atoms with Gasteiger partial charge in [0.05, 0.1) is 0 Å². The second-order valence-corrected chi connectivity index (χ2v) is 8.50. The van der Waals surface area contributed by atoms with Crippen LogP contribution in [0.25, 0.3) is 0 Å². The molecule has 0 fully saturated rings. The summed E-state index contributed by atoms with van der Waals surface area (Å²) < 4.78 is 6.27. The molecule has 0 N–H and O–H groups in total. The number of hydrogen-bond donors (Lipinski definition) is 0. The molecule has 2 heterocycles. The Hall–Kier alpha value is -1.98. The van der Waals surface area contributed by atoms with Crippen LogP contribution in [0.2, 0.25) is 0 Å². The molecule has 2 aromatic heterocycles. The van der Waals surface area contributed by atoms with Gasteiger partial charge in [0, 0.05) is 32.2 Å². The van der Waals surface area contributed by atoms with Gasteiger partial charge in [0.1, 0.15) is 11.5 Å². The molecule has 1 aromatic carbocycles. The van der Waals surface area contributed by atoms with Gasteiger partial charge < -0.3 is 9.52 Å². The van der Waals surface area contributed by atoms with Crippen molar-refractivity contribution in [2.75, 3.05) is 0 Å². The molecule has 0 bridgehead atoms. The first kappa shape index (κ1) is 27.3. The summed E-state index contributed by atoms with van der Waals surface area (Å²) in [5.41, 5.74) is -0.187. The Morgan fingerprint density at radius 2 is 1.73 bits per heavy atom. The van der Waals surface area contributed by atoms with Gasteiger partial charge in [-0.3, -0.25) is 19.0 Å². The Morgan fingerprint density at radius 1 is 1.09 bits per heavy atom. The van der Waals surface area contributed by atoms with Gasteiger partial charge in [0.25, 0.3) is 5.89 Å². The van der Waals surface area contributed by atoms with E-state index >= 15 is 0 Å². The van der Waals surface area contributed by atoms with Crippen LogP contribution in [0.5, 0.6) is 5.75 Å². The van der Waals surface area contributed by atoms with Crippen LogP contribution in [0.15, 0.2) is 33.5 Å². The molecule has 0 aliphatic carbocycles. The fraction of sp³-hybridized carbons (Fsp3) is 0.391. The zero-order valence-corrected chi connectivity index (χ0v) is 22.9. The summed E-state index contributed by atoms with van der Waals surface area (Å²) in [6, 6.07) is 7.71. The van der Waals surface area contributed by atoms with Crippen molar-refractivity contribution in [1.29, 1.82) is 0 Å². The van der Waals surface area contributed by atoms with Gasteiger partial charge in [0.2, 0.25) is 17.2 Å². The molecule has 0 amide bonds. The standard InChI is InChI=1S/C23H26N4O5.K/c1-13-6-8-15(9-7-13)10-11-16(28)18-19(30)21(31)27(5)22(24-18)23(3,4)12-17(29)20-26-25-14(2)32-20;/h6-9,30H,10-12H2,1-5H3;/q;+1/p-1. The van der Waals surface area contributed by atoms with E-state index in [4.69, 9.17) is 4.42 Å². The van der Waals surface area contributed by atoms with E-state index < -0.39 is 34.0 Å². The largest absolute Gasteiger partial charge is 1.00 e. The second-order valence-electron chi connectivity index (χ2n) is 8.50. The molecule has 0 atom stereocenters. The summed E-state index contributed by atoms with van der Waals surface area (Å²) in [5, 5.41) is 19.9. The number of carbonyl (C=O) groups excluding carboxylic acids is 2. The third-order valence-electron chi connectivity index (χ3n) is 5.25. The Labute approximate surface area is 234 Å². The Kier molecular flexibility index (Phi) is 9.06. The zero-order chi connectivity index (χ0) is 23.6. The van der Waals surface area contributed by atoms with Crippen molar-refractivity contribution in [3.8, 4) is 5.75 Å². The molecule has 0 unspecified atom stereocenters. The Bertz CT molecular complexity index is 1230. The molecule has 33 heavy (non-hydrogen) atoms. The van der Waals surface area contributed by atoms with E-state index in [1.807, 2.05) is 31.2 Å². The molecule has 0 saturated carbocycles. The van der Waals surface area contributed by atoms with Crippen LogP contribution in [0.1, 0.15) is 70.7 Å². The number of Topliss-reactive ketones (excluding diaryl/α,β-unsaturated/α-hetero) is 2. The minimum Gasteiger partial charge on any atom is -0.867 e. The fourth-order valence-corrected chi connectivity index (χ4v) is 3.47. The van der Waals surface area contributed by atoms with Gasteiger partial charge in [-0.25, -0.2) is 4.98 Å². The van der Waals surface area contributed by atoms with E-state index in [0.717, 1.165) is 15.7 Å². The molecule has 168 valence electrons. The SMILES string of the molecule is Cc1ccc(CCC(=O)c2nc(C(C)(C)CC(=O)c3nnc(C)o3)n(C)c(=O)c2[O-])cc1.[K+]. The van der Waals surface area contributed by atoms with Crippen molar-refractivity contribution in [3.05, 3.63) is 69.0 Å². The summed E-state index contributed by atoms with van der Waals surface area (Å²) in [7, 11) is 1.40.